The summed E-state index contributed by atoms with van der Waals surface area (Å²) < 4.78 is 10.4. The number of methoxy groups -OCH3 is 2. The topological polar surface area (TPSA) is 88.1 Å². The third-order valence-corrected chi connectivity index (χ3v) is 5.10. The average Bonchev–Trinajstić information content (AvgIpc) is 3.13. The number of carbonyl (C=O) groups excluding carboxylic acids is 2. The number of nitrogens with zero attached hydrogens (tertiary/aromatic N) is 1. The summed E-state index contributed by atoms with van der Waals surface area (Å²) in [6.45, 7) is 0.396. The summed E-state index contributed by atoms with van der Waals surface area (Å²) in [5.41, 5.74) is 1.24. The van der Waals surface area contributed by atoms with Gasteiger partial charge in [0.2, 0.25) is 5.91 Å². The Kier molecular flexibility index (Phi) is 6.61. The van der Waals surface area contributed by atoms with E-state index in [0.717, 1.165) is 5.56 Å². The lowest BCUT2D eigenvalue weighted by atomic mass is 10.1. The van der Waals surface area contributed by atoms with Crippen molar-refractivity contribution in [3.63, 3.8) is 0 Å². The lowest BCUT2D eigenvalue weighted by Gasteiger charge is -2.24. The van der Waals surface area contributed by atoms with Crippen molar-refractivity contribution >= 4 is 23.4 Å². The standard InChI is InChI=1S/C21H23ClN2O5/c1-28-18-8-5-14(9-19(18)29-2)21(27)24-12-16(25)10-17(24)20(26)23-11-13-3-6-15(22)7-4-13/h3-9,16-17,25H,10-12H2,1-2H3,(H,23,26). The molecule has 7 nitrogen and oxygen atoms in total. The van der Waals surface area contributed by atoms with Crippen LogP contribution < -0.4 is 14.8 Å². The third-order valence-electron chi connectivity index (χ3n) is 4.85. The number of nitrogens with one attached hydrogen (secondary N) is 1. The number of aliphatic hydroxyl groups excluding tert-OH is 1. The molecule has 1 aliphatic rings. The number of aliphatic hydroxyl groups is 1. The minimum atomic E-state index is -0.759. The van der Waals surface area contributed by atoms with Crippen LogP contribution in [0, 0.1) is 0 Å². The molecule has 0 saturated carbocycles. The Labute approximate surface area is 174 Å². The molecule has 1 saturated heterocycles. The number of carbonyl (C=O) groups is 2. The quantitative estimate of drug-likeness (QED) is 0.751. The van der Waals surface area contributed by atoms with E-state index < -0.39 is 12.1 Å². The second kappa shape index (κ2) is 9.15. The second-order valence-corrected chi connectivity index (χ2v) is 7.21. The average molecular weight is 419 g/mol. The molecule has 3 rings (SSSR count). The molecule has 0 bridgehead atoms. The van der Waals surface area contributed by atoms with Crippen molar-refractivity contribution in [1.82, 2.24) is 10.2 Å². The van der Waals surface area contributed by atoms with Crippen molar-refractivity contribution in [2.75, 3.05) is 20.8 Å². The van der Waals surface area contributed by atoms with Crippen molar-refractivity contribution in [1.29, 1.82) is 0 Å². The Morgan fingerprint density at radius 1 is 1.14 bits per heavy atom. The molecule has 0 aromatic heterocycles. The molecule has 1 heterocycles. The molecule has 0 spiro atoms. The van der Waals surface area contributed by atoms with Gasteiger partial charge in [0, 0.05) is 30.1 Å². The maximum absolute atomic E-state index is 13.0. The van der Waals surface area contributed by atoms with Crippen LogP contribution in [0.4, 0.5) is 0 Å². The third kappa shape index (κ3) is 4.81. The fourth-order valence-corrected chi connectivity index (χ4v) is 3.46. The minimum Gasteiger partial charge on any atom is -0.493 e. The van der Waals surface area contributed by atoms with Gasteiger partial charge in [-0.15, -0.1) is 0 Å². The number of β-amino-alcohol motifs (C(OH)–C–C–N with tert-alkyl or cyclic N) is 1. The maximum atomic E-state index is 13.0. The highest BCUT2D eigenvalue weighted by atomic mass is 35.5. The lowest BCUT2D eigenvalue weighted by Crippen LogP contribution is -2.45. The SMILES string of the molecule is COc1ccc(C(=O)N2CC(O)CC2C(=O)NCc2ccc(Cl)cc2)cc1OC. The number of rotatable bonds is 6. The molecular formula is C21H23ClN2O5. The van der Waals surface area contributed by atoms with E-state index in [0.29, 0.717) is 28.6 Å². The first-order chi connectivity index (χ1) is 13.9. The summed E-state index contributed by atoms with van der Waals surface area (Å²) >= 11 is 5.87. The van der Waals surface area contributed by atoms with E-state index in [1.165, 1.54) is 19.1 Å². The first-order valence-corrected chi connectivity index (χ1v) is 9.54. The van der Waals surface area contributed by atoms with Crippen LogP contribution in [-0.2, 0) is 11.3 Å². The summed E-state index contributed by atoms with van der Waals surface area (Å²) in [4.78, 5) is 27.1. The van der Waals surface area contributed by atoms with Crippen molar-refractivity contribution < 1.29 is 24.2 Å². The van der Waals surface area contributed by atoms with Gasteiger partial charge in [0.05, 0.1) is 20.3 Å². The predicted molar refractivity (Wildman–Crippen MR) is 108 cm³/mol. The highest BCUT2D eigenvalue weighted by Gasteiger charge is 2.39. The molecule has 2 aromatic rings. The highest BCUT2D eigenvalue weighted by Crippen LogP contribution is 2.29. The first-order valence-electron chi connectivity index (χ1n) is 9.16. The Balaban J connectivity index is 1.72. The van der Waals surface area contributed by atoms with E-state index in [-0.39, 0.29) is 24.8 Å². The molecule has 2 N–H and O–H groups in total. The molecule has 1 aliphatic heterocycles. The van der Waals surface area contributed by atoms with Gasteiger partial charge in [-0.25, -0.2) is 0 Å². The Morgan fingerprint density at radius 2 is 1.83 bits per heavy atom. The van der Waals surface area contributed by atoms with Gasteiger partial charge in [0.1, 0.15) is 6.04 Å². The summed E-state index contributed by atoms with van der Waals surface area (Å²) in [5, 5.41) is 13.5. The molecular weight excluding hydrogens is 396 g/mol. The van der Waals surface area contributed by atoms with Gasteiger partial charge >= 0.3 is 0 Å². The zero-order valence-corrected chi connectivity index (χ0v) is 17.0. The number of likely N-dealkylation sites (tertiary alicyclic amines) is 1. The molecule has 2 amide bonds. The fourth-order valence-electron chi connectivity index (χ4n) is 3.33. The summed E-state index contributed by atoms with van der Waals surface area (Å²) in [7, 11) is 3.00. The summed E-state index contributed by atoms with van der Waals surface area (Å²) in [5.74, 6) is 0.254. The predicted octanol–water partition coefficient (Wildman–Crippen LogP) is 2.25. The lowest BCUT2D eigenvalue weighted by molar-refractivity contribution is -0.125. The summed E-state index contributed by atoms with van der Waals surface area (Å²) in [6.07, 6.45) is -0.573. The van der Waals surface area contributed by atoms with Crippen molar-refractivity contribution in [2.45, 2.75) is 25.1 Å². The van der Waals surface area contributed by atoms with Crippen LogP contribution in [0.5, 0.6) is 11.5 Å². The fraction of sp³-hybridized carbons (Fsp3) is 0.333. The van der Waals surface area contributed by atoms with Crippen LogP contribution in [-0.4, -0.2) is 54.7 Å². The van der Waals surface area contributed by atoms with Crippen LogP contribution in [0.1, 0.15) is 22.3 Å². The largest absolute Gasteiger partial charge is 0.493 e. The first kappa shape index (κ1) is 21.0. The highest BCUT2D eigenvalue weighted by molar-refractivity contribution is 6.30. The molecule has 29 heavy (non-hydrogen) atoms. The van der Waals surface area contributed by atoms with Crippen LogP contribution in [0.2, 0.25) is 5.02 Å². The number of ether oxygens (including phenoxy) is 2. The van der Waals surface area contributed by atoms with Gasteiger partial charge in [-0.3, -0.25) is 9.59 Å². The molecule has 2 unspecified atom stereocenters. The number of amides is 2. The van der Waals surface area contributed by atoms with E-state index >= 15 is 0 Å². The molecule has 0 aliphatic carbocycles. The monoisotopic (exact) mass is 418 g/mol. The van der Waals surface area contributed by atoms with Crippen LogP contribution in [0.3, 0.4) is 0 Å². The normalized spacial score (nSPS) is 18.4. The number of hydrogen-bond acceptors (Lipinski definition) is 5. The van der Waals surface area contributed by atoms with E-state index in [1.54, 1.807) is 30.3 Å². The maximum Gasteiger partial charge on any atom is 0.254 e. The van der Waals surface area contributed by atoms with Gasteiger partial charge in [0.25, 0.3) is 5.91 Å². The molecule has 2 atom stereocenters. The van der Waals surface area contributed by atoms with E-state index in [9.17, 15) is 14.7 Å². The van der Waals surface area contributed by atoms with Crippen LogP contribution >= 0.6 is 11.6 Å². The van der Waals surface area contributed by atoms with Gasteiger partial charge in [-0.05, 0) is 35.9 Å². The van der Waals surface area contributed by atoms with Gasteiger partial charge < -0.3 is 24.8 Å². The van der Waals surface area contributed by atoms with E-state index in [1.807, 2.05) is 12.1 Å². The van der Waals surface area contributed by atoms with Crippen LogP contribution in [0.25, 0.3) is 0 Å². The number of hydrogen-bond donors (Lipinski definition) is 2. The van der Waals surface area contributed by atoms with Crippen molar-refractivity contribution in [3.8, 4) is 11.5 Å². The van der Waals surface area contributed by atoms with Gasteiger partial charge in [-0.2, -0.15) is 0 Å². The molecule has 154 valence electrons. The Bertz CT molecular complexity index is 887. The van der Waals surface area contributed by atoms with Crippen molar-refractivity contribution in [2.24, 2.45) is 0 Å². The smallest absolute Gasteiger partial charge is 0.254 e. The molecule has 0 radical (unpaired) electrons. The zero-order valence-electron chi connectivity index (χ0n) is 16.2. The number of halogens is 1. The number of benzene rings is 2. The minimum absolute atomic E-state index is 0.0895. The van der Waals surface area contributed by atoms with E-state index in [2.05, 4.69) is 5.32 Å². The van der Waals surface area contributed by atoms with E-state index in [4.69, 9.17) is 21.1 Å². The Morgan fingerprint density at radius 3 is 2.48 bits per heavy atom. The van der Waals surface area contributed by atoms with Gasteiger partial charge in [0.15, 0.2) is 11.5 Å². The second-order valence-electron chi connectivity index (χ2n) is 6.78. The molecule has 8 heteroatoms. The zero-order chi connectivity index (χ0) is 21.0. The van der Waals surface area contributed by atoms with Crippen LogP contribution in [0.15, 0.2) is 42.5 Å². The Hall–Kier alpha value is -2.77. The van der Waals surface area contributed by atoms with Gasteiger partial charge in [-0.1, -0.05) is 23.7 Å². The summed E-state index contributed by atoms with van der Waals surface area (Å²) in [6, 6.07) is 11.2. The molecule has 1 fully saturated rings. The molecule has 2 aromatic carbocycles. The van der Waals surface area contributed by atoms with Crippen molar-refractivity contribution in [3.05, 3.63) is 58.6 Å².